The smallest absolute Gasteiger partial charge is 0.123 e. The first-order valence-corrected chi connectivity index (χ1v) is 4.61. The third-order valence-electron chi connectivity index (χ3n) is 2.56. The van der Waals surface area contributed by atoms with E-state index >= 15 is 0 Å². The van der Waals surface area contributed by atoms with Crippen molar-refractivity contribution in [2.75, 3.05) is 7.11 Å². The third kappa shape index (κ3) is 1.68. The summed E-state index contributed by atoms with van der Waals surface area (Å²) in [7, 11) is 1.61. The first-order chi connectivity index (χ1) is 6.49. The van der Waals surface area contributed by atoms with Crippen molar-refractivity contribution < 1.29 is 9.84 Å². The molecule has 0 aliphatic carbocycles. The second kappa shape index (κ2) is 3.88. The van der Waals surface area contributed by atoms with Crippen molar-refractivity contribution in [2.24, 2.45) is 5.73 Å². The predicted molar refractivity (Wildman–Crippen MR) is 56.7 cm³/mol. The summed E-state index contributed by atoms with van der Waals surface area (Å²) in [5.41, 5.74) is 8.25. The van der Waals surface area contributed by atoms with Crippen LogP contribution < -0.4 is 10.5 Å². The number of methoxy groups -OCH3 is 1. The third-order valence-corrected chi connectivity index (χ3v) is 2.56. The van der Waals surface area contributed by atoms with Gasteiger partial charge >= 0.3 is 0 Å². The molecule has 1 aromatic carbocycles. The highest BCUT2D eigenvalue weighted by Crippen LogP contribution is 2.34. The highest BCUT2D eigenvalue weighted by atomic mass is 16.5. The summed E-state index contributed by atoms with van der Waals surface area (Å²) in [6, 6.07) is 1.60. The molecular weight excluding hydrogens is 178 g/mol. The number of nitrogens with two attached hydrogens (primary N) is 1. The Kier molecular flexibility index (Phi) is 3.01. The average molecular weight is 195 g/mol. The zero-order valence-corrected chi connectivity index (χ0v) is 9.09. The summed E-state index contributed by atoms with van der Waals surface area (Å²) < 4.78 is 5.20. The summed E-state index contributed by atoms with van der Waals surface area (Å²) in [5, 5.41) is 9.83. The minimum absolute atomic E-state index is 0.191. The van der Waals surface area contributed by atoms with Crippen LogP contribution in [0, 0.1) is 13.8 Å². The first-order valence-electron chi connectivity index (χ1n) is 4.61. The van der Waals surface area contributed by atoms with Gasteiger partial charge < -0.3 is 15.6 Å². The lowest BCUT2D eigenvalue weighted by Crippen LogP contribution is -2.07. The predicted octanol–water partition coefficient (Wildman–Crippen LogP) is 2.04. The van der Waals surface area contributed by atoms with Gasteiger partial charge in [-0.1, -0.05) is 0 Å². The maximum absolute atomic E-state index is 9.83. The number of ether oxygens (including phenoxy) is 1. The van der Waals surface area contributed by atoms with E-state index in [-0.39, 0.29) is 11.8 Å². The van der Waals surface area contributed by atoms with Gasteiger partial charge in [0.2, 0.25) is 0 Å². The van der Waals surface area contributed by atoms with Crippen molar-refractivity contribution >= 4 is 0 Å². The quantitative estimate of drug-likeness (QED) is 0.759. The fraction of sp³-hybridized carbons (Fsp3) is 0.455. The molecule has 3 heteroatoms. The van der Waals surface area contributed by atoms with Gasteiger partial charge in [-0.15, -0.1) is 0 Å². The van der Waals surface area contributed by atoms with Crippen molar-refractivity contribution in [3.05, 3.63) is 22.8 Å². The summed E-state index contributed by atoms with van der Waals surface area (Å²) in [6.07, 6.45) is 0. The molecule has 3 nitrogen and oxygen atoms in total. The molecule has 0 aliphatic heterocycles. The average Bonchev–Trinajstić information content (AvgIpc) is 2.14. The van der Waals surface area contributed by atoms with E-state index in [9.17, 15) is 5.11 Å². The molecule has 3 N–H and O–H groups in total. The lowest BCUT2D eigenvalue weighted by Gasteiger charge is -2.15. The largest absolute Gasteiger partial charge is 0.507 e. The van der Waals surface area contributed by atoms with Gasteiger partial charge in [-0.25, -0.2) is 0 Å². The van der Waals surface area contributed by atoms with Crippen molar-refractivity contribution in [2.45, 2.75) is 26.8 Å². The number of hydrogen-bond acceptors (Lipinski definition) is 3. The SMILES string of the molecule is COc1cc([C@@H](C)N)c(O)c(C)c1C. The highest BCUT2D eigenvalue weighted by Gasteiger charge is 2.14. The number of phenols is 1. The van der Waals surface area contributed by atoms with Crippen LogP contribution >= 0.6 is 0 Å². The number of rotatable bonds is 2. The molecular formula is C11H17NO2. The van der Waals surface area contributed by atoms with Crippen molar-refractivity contribution in [1.29, 1.82) is 0 Å². The first kappa shape index (κ1) is 10.9. The fourth-order valence-electron chi connectivity index (χ4n) is 1.46. The van der Waals surface area contributed by atoms with Gasteiger partial charge in [0.15, 0.2) is 0 Å². The minimum Gasteiger partial charge on any atom is -0.507 e. The second-order valence-corrected chi connectivity index (χ2v) is 3.56. The van der Waals surface area contributed by atoms with Crippen LogP contribution in [0.2, 0.25) is 0 Å². The molecule has 0 spiro atoms. The Labute approximate surface area is 84.5 Å². The molecule has 1 atom stereocenters. The highest BCUT2D eigenvalue weighted by molar-refractivity contribution is 5.52. The summed E-state index contributed by atoms with van der Waals surface area (Å²) >= 11 is 0. The van der Waals surface area contributed by atoms with Gasteiger partial charge in [0.05, 0.1) is 7.11 Å². The van der Waals surface area contributed by atoms with Gasteiger partial charge in [-0.05, 0) is 38.0 Å². The van der Waals surface area contributed by atoms with Crippen molar-refractivity contribution in [3.8, 4) is 11.5 Å². The van der Waals surface area contributed by atoms with Crippen LogP contribution in [0.4, 0.5) is 0 Å². The van der Waals surface area contributed by atoms with Crippen LogP contribution in [0.5, 0.6) is 11.5 Å². The number of benzene rings is 1. The molecule has 0 unspecified atom stereocenters. The number of phenolic OH excluding ortho intramolecular Hbond substituents is 1. The van der Waals surface area contributed by atoms with Crippen LogP contribution in [0.1, 0.15) is 29.7 Å². The van der Waals surface area contributed by atoms with Gasteiger partial charge in [0.25, 0.3) is 0 Å². The van der Waals surface area contributed by atoms with E-state index in [0.29, 0.717) is 0 Å². The van der Waals surface area contributed by atoms with E-state index in [0.717, 1.165) is 22.4 Å². The zero-order chi connectivity index (χ0) is 10.9. The Morgan fingerprint density at radius 2 is 1.93 bits per heavy atom. The van der Waals surface area contributed by atoms with E-state index in [4.69, 9.17) is 10.5 Å². The minimum atomic E-state index is -0.191. The molecule has 0 bridgehead atoms. The molecule has 1 rings (SSSR count). The monoisotopic (exact) mass is 195 g/mol. The lowest BCUT2D eigenvalue weighted by atomic mass is 9.99. The Morgan fingerprint density at radius 3 is 2.36 bits per heavy atom. The Hall–Kier alpha value is -1.22. The summed E-state index contributed by atoms with van der Waals surface area (Å²) in [5.74, 6) is 1.05. The normalized spacial score (nSPS) is 12.6. The van der Waals surface area contributed by atoms with Crippen LogP contribution in [0.3, 0.4) is 0 Å². The molecule has 0 heterocycles. The molecule has 0 aromatic heterocycles. The molecule has 78 valence electrons. The molecule has 1 aromatic rings. The number of hydrogen-bond donors (Lipinski definition) is 2. The van der Waals surface area contributed by atoms with Crippen molar-refractivity contribution in [3.63, 3.8) is 0 Å². The molecule has 0 amide bonds. The van der Waals surface area contributed by atoms with E-state index in [1.54, 1.807) is 13.2 Å². The second-order valence-electron chi connectivity index (χ2n) is 3.56. The summed E-state index contributed by atoms with van der Waals surface area (Å²) in [6.45, 7) is 5.61. The van der Waals surface area contributed by atoms with E-state index in [1.165, 1.54) is 0 Å². The van der Waals surface area contributed by atoms with Gasteiger partial charge in [0, 0.05) is 11.6 Å². The molecule has 0 fully saturated rings. The fourth-order valence-corrected chi connectivity index (χ4v) is 1.46. The van der Waals surface area contributed by atoms with Gasteiger partial charge in [-0.2, -0.15) is 0 Å². The number of aromatic hydroxyl groups is 1. The Bertz CT molecular complexity index is 346. The molecule has 0 radical (unpaired) electrons. The topological polar surface area (TPSA) is 55.5 Å². The molecule has 0 saturated heterocycles. The van der Waals surface area contributed by atoms with Gasteiger partial charge in [-0.3, -0.25) is 0 Å². The van der Waals surface area contributed by atoms with Crippen LogP contribution in [0.15, 0.2) is 6.07 Å². The Balaban J connectivity index is 3.40. The van der Waals surface area contributed by atoms with E-state index < -0.39 is 0 Å². The maximum Gasteiger partial charge on any atom is 0.123 e. The summed E-state index contributed by atoms with van der Waals surface area (Å²) in [4.78, 5) is 0. The Morgan fingerprint density at radius 1 is 1.36 bits per heavy atom. The maximum atomic E-state index is 9.83. The van der Waals surface area contributed by atoms with Crippen LogP contribution in [-0.4, -0.2) is 12.2 Å². The molecule has 14 heavy (non-hydrogen) atoms. The van der Waals surface area contributed by atoms with E-state index in [2.05, 4.69) is 0 Å². The zero-order valence-electron chi connectivity index (χ0n) is 9.09. The van der Waals surface area contributed by atoms with Crippen LogP contribution in [-0.2, 0) is 0 Å². The van der Waals surface area contributed by atoms with Crippen LogP contribution in [0.25, 0.3) is 0 Å². The van der Waals surface area contributed by atoms with E-state index in [1.807, 2.05) is 20.8 Å². The molecule has 0 aliphatic rings. The van der Waals surface area contributed by atoms with Gasteiger partial charge in [0.1, 0.15) is 11.5 Å². The molecule has 0 saturated carbocycles. The van der Waals surface area contributed by atoms with Crippen molar-refractivity contribution in [1.82, 2.24) is 0 Å². The standard InChI is InChI=1S/C11H17NO2/c1-6-7(2)11(13)9(8(3)12)5-10(6)14-4/h5,8,13H,12H2,1-4H3/t8-/m1/s1. The lowest BCUT2D eigenvalue weighted by molar-refractivity contribution is 0.405.